The quantitative estimate of drug-likeness (QED) is 0.197. The van der Waals surface area contributed by atoms with E-state index >= 15 is 0 Å². The molecule has 1 aliphatic carbocycles. The lowest BCUT2D eigenvalue weighted by Crippen LogP contribution is -2.68. The molecule has 2 aliphatic heterocycles. The second-order valence-corrected chi connectivity index (χ2v) is 9.86. The number of carboxylic acid groups (broad SMARTS) is 2. The lowest BCUT2D eigenvalue weighted by molar-refractivity contribution is -0.169. The van der Waals surface area contributed by atoms with Crippen LogP contribution in [0.2, 0.25) is 0 Å². The maximum Gasteiger partial charge on any atom is 0.511 e. The fourth-order valence-electron chi connectivity index (χ4n) is 4.04. The van der Waals surface area contributed by atoms with Crippen LogP contribution in [0, 0.1) is 0 Å². The number of fused-ring (bicyclic) bond motifs is 1. The Kier molecular flexibility index (Phi) is 10.5. The van der Waals surface area contributed by atoms with Crippen molar-refractivity contribution in [2.75, 3.05) is 5.75 Å². The third-order valence-electron chi connectivity index (χ3n) is 5.93. The van der Waals surface area contributed by atoms with Crippen LogP contribution in [0.1, 0.15) is 44.6 Å². The number of pyridine rings is 1. The Hall–Kier alpha value is -3.91. The van der Waals surface area contributed by atoms with Crippen LogP contribution in [0.4, 0.5) is 4.79 Å². The molecule has 4 N–H and O–H groups in total. The van der Waals surface area contributed by atoms with E-state index in [1.54, 1.807) is 24.5 Å². The molecule has 3 heterocycles. The van der Waals surface area contributed by atoms with Crippen LogP contribution in [0.5, 0.6) is 0 Å². The van der Waals surface area contributed by atoms with Gasteiger partial charge in [-0.1, -0.05) is 24.6 Å². The van der Waals surface area contributed by atoms with Gasteiger partial charge in [0.15, 0.2) is 0 Å². The number of amides is 1. The molecule has 2 fully saturated rings. The number of nitrogens with zero attached hydrogens (tertiary/aromatic N) is 2. The van der Waals surface area contributed by atoms with Crippen molar-refractivity contribution in [2.45, 2.75) is 62.8 Å². The van der Waals surface area contributed by atoms with E-state index in [1.165, 1.54) is 23.6 Å². The Morgan fingerprint density at radius 1 is 1.13 bits per heavy atom. The third kappa shape index (κ3) is 8.04. The van der Waals surface area contributed by atoms with E-state index < -0.39 is 36.4 Å². The average Bonchev–Trinajstić information content (AvgIpc) is 2.92. The molecule has 3 atom stereocenters. The summed E-state index contributed by atoms with van der Waals surface area (Å²) in [6, 6.07) is 3.01. The third-order valence-corrected chi connectivity index (χ3v) is 7.25. The summed E-state index contributed by atoms with van der Waals surface area (Å²) in [6.07, 6.45) is 9.47. The molecule has 210 valence electrons. The van der Waals surface area contributed by atoms with E-state index in [-0.39, 0.29) is 23.1 Å². The predicted octanol–water partition coefficient (Wildman–Crippen LogP) is 2.12. The molecule has 1 saturated carbocycles. The highest BCUT2D eigenvalue weighted by Crippen LogP contribution is 2.40. The van der Waals surface area contributed by atoms with Gasteiger partial charge in [0.25, 0.3) is 0 Å². The first kappa shape index (κ1) is 29.6. The molecule has 14 heteroatoms. The number of nitrogens with two attached hydrogens (primary N) is 1. The molecule has 0 spiro atoms. The number of aliphatic carboxylic acids is 2. The number of ether oxygens (including phenoxy) is 3. The molecule has 1 aromatic rings. The van der Waals surface area contributed by atoms with Gasteiger partial charge in [0, 0.05) is 25.1 Å². The Labute approximate surface area is 228 Å². The topological polar surface area (TPSA) is 196 Å². The summed E-state index contributed by atoms with van der Waals surface area (Å²) in [5.41, 5.74) is 7.48. The second kappa shape index (κ2) is 13.8. The molecule has 39 heavy (non-hydrogen) atoms. The number of allylic oxidation sites excluding steroid dienone is 1. The summed E-state index contributed by atoms with van der Waals surface area (Å²) in [5, 5.41) is 14.5. The molecule has 1 amide bonds. The normalized spacial score (nSPS) is 21.6. The van der Waals surface area contributed by atoms with Crippen molar-refractivity contribution in [3.8, 4) is 0 Å². The van der Waals surface area contributed by atoms with Crippen LogP contribution in [0.15, 0.2) is 41.9 Å². The zero-order chi connectivity index (χ0) is 28.5. The van der Waals surface area contributed by atoms with Gasteiger partial charge in [0.05, 0.1) is 0 Å². The first-order valence-corrected chi connectivity index (χ1v) is 13.2. The van der Waals surface area contributed by atoms with E-state index in [9.17, 15) is 14.4 Å². The van der Waals surface area contributed by atoms with Gasteiger partial charge in [0.1, 0.15) is 23.2 Å². The number of aromatic nitrogens is 1. The molecular weight excluding hydrogens is 534 g/mol. The predicted molar refractivity (Wildman–Crippen MR) is 137 cm³/mol. The van der Waals surface area contributed by atoms with Crippen molar-refractivity contribution in [1.29, 1.82) is 0 Å². The van der Waals surface area contributed by atoms with Crippen LogP contribution < -0.4 is 5.73 Å². The maximum atomic E-state index is 13.0. The van der Waals surface area contributed by atoms with Crippen LogP contribution in [0.3, 0.4) is 0 Å². The number of hydrogen-bond acceptors (Lipinski definition) is 11. The first-order chi connectivity index (χ1) is 18.6. The van der Waals surface area contributed by atoms with Gasteiger partial charge in [0.2, 0.25) is 12.2 Å². The smallest absolute Gasteiger partial charge is 0.473 e. The van der Waals surface area contributed by atoms with Crippen molar-refractivity contribution in [2.24, 2.45) is 5.73 Å². The first-order valence-electron chi connectivity index (χ1n) is 12.1. The summed E-state index contributed by atoms with van der Waals surface area (Å²) in [5.74, 6) is -4.28. The molecule has 0 aromatic carbocycles. The summed E-state index contributed by atoms with van der Waals surface area (Å²) >= 11 is 1.48. The average molecular weight is 564 g/mol. The van der Waals surface area contributed by atoms with Crippen molar-refractivity contribution in [3.63, 3.8) is 0 Å². The van der Waals surface area contributed by atoms with Crippen molar-refractivity contribution < 1.29 is 48.4 Å². The highest BCUT2D eigenvalue weighted by Gasteiger charge is 2.52. The highest BCUT2D eigenvalue weighted by molar-refractivity contribution is 8.00. The number of β-lactam (4-membered cyclic amide) rings is 1. The fourth-order valence-corrected chi connectivity index (χ4v) is 5.31. The number of carboxylic acids is 2. The van der Waals surface area contributed by atoms with Gasteiger partial charge in [-0.05, 0) is 42.9 Å². The minimum Gasteiger partial charge on any atom is -0.473 e. The fraction of sp³-hybridized carbons (Fsp3) is 0.440. The van der Waals surface area contributed by atoms with Gasteiger partial charge in [-0.3, -0.25) is 14.7 Å². The summed E-state index contributed by atoms with van der Waals surface area (Å²) in [6.45, 7) is 1.43. The van der Waals surface area contributed by atoms with Gasteiger partial charge in [-0.15, -0.1) is 11.8 Å². The molecule has 0 radical (unpaired) electrons. The SMILES string of the molecule is CC(OC(=O)OC1CCCCC1)OC(=O)C1=C(/C=C\c2cccnc2)CS[C@H]2[C@H](N)C(=O)N12.O=C(O)C(=O)O. The number of hydrogen-bond donors (Lipinski definition) is 3. The monoisotopic (exact) mass is 563 g/mol. The highest BCUT2D eigenvalue weighted by atomic mass is 32.2. The molecular formula is C25H29N3O10S. The molecule has 3 aliphatic rings. The summed E-state index contributed by atoms with van der Waals surface area (Å²) in [4.78, 5) is 61.2. The minimum absolute atomic E-state index is 0.113. The van der Waals surface area contributed by atoms with Gasteiger partial charge >= 0.3 is 24.1 Å². The van der Waals surface area contributed by atoms with Crippen molar-refractivity contribution >= 4 is 47.8 Å². The van der Waals surface area contributed by atoms with Crippen LogP contribution in [-0.4, -0.2) is 79.6 Å². The van der Waals surface area contributed by atoms with Gasteiger partial charge in [-0.25, -0.2) is 19.2 Å². The van der Waals surface area contributed by atoms with Crippen LogP contribution >= 0.6 is 11.8 Å². The number of carbonyl (C=O) groups is 5. The van der Waals surface area contributed by atoms with Crippen molar-refractivity contribution in [3.05, 3.63) is 47.4 Å². The van der Waals surface area contributed by atoms with Crippen molar-refractivity contribution in [1.82, 2.24) is 9.88 Å². The Morgan fingerprint density at radius 3 is 2.44 bits per heavy atom. The largest absolute Gasteiger partial charge is 0.511 e. The summed E-state index contributed by atoms with van der Waals surface area (Å²) < 4.78 is 15.8. The Morgan fingerprint density at radius 2 is 1.82 bits per heavy atom. The Bertz CT molecular complexity index is 1140. The maximum absolute atomic E-state index is 13.0. The van der Waals surface area contributed by atoms with E-state index in [0.717, 1.165) is 37.7 Å². The zero-order valence-corrected chi connectivity index (χ0v) is 21.9. The van der Waals surface area contributed by atoms with Crippen LogP contribution in [0.25, 0.3) is 6.08 Å². The number of carbonyl (C=O) groups excluding carboxylic acids is 3. The standard InChI is InChI=1S/C23H27N3O6S.C2H2O4/c1-14(31-23(29)32-17-7-3-2-4-8-17)30-22(28)19-16(10-9-15-6-5-11-25-12-15)13-33-21-18(24)20(27)26(19)21;3-1(4)2(5)6/h5-6,9-12,14,17-18,21H,2-4,7-8,13,24H2,1H3;(H,3,4)(H,5,6)/b10-9-;/t14?,18-,21+;/m1./s1. The summed E-state index contributed by atoms with van der Waals surface area (Å²) in [7, 11) is 0. The molecule has 4 rings (SSSR count). The lowest BCUT2D eigenvalue weighted by Gasteiger charge is -2.48. The van der Waals surface area contributed by atoms with E-state index in [0.29, 0.717) is 11.3 Å². The van der Waals surface area contributed by atoms with E-state index in [1.807, 2.05) is 12.1 Å². The zero-order valence-electron chi connectivity index (χ0n) is 21.1. The van der Waals surface area contributed by atoms with Gasteiger partial charge < -0.3 is 30.2 Å². The molecule has 1 saturated heterocycles. The minimum atomic E-state index is -1.82. The van der Waals surface area contributed by atoms with Crippen LogP contribution in [-0.2, 0) is 33.4 Å². The van der Waals surface area contributed by atoms with E-state index in [4.69, 9.17) is 39.7 Å². The second-order valence-electron chi connectivity index (χ2n) is 8.76. The molecule has 1 unspecified atom stereocenters. The molecule has 13 nitrogen and oxygen atoms in total. The van der Waals surface area contributed by atoms with E-state index in [2.05, 4.69) is 4.98 Å². The number of thioether (sulfide) groups is 1. The lowest BCUT2D eigenvalue weighted by atomic mass is 9.98. The number of rotatable bonds is 6. The molecule has 0 bridgehead atoms. The molecule has 1 aromatic heterocycles. The number of esters is 1. The Balaban J connectivity index is 0.000000631. The van der Waals surface area contributed by atoms with Gasteiger partial charge in [-0.2, -0.15) is 0 Å².